The minimum absolute atomic E-state index is 0.307. The molecule has 14 heavy (non-hydrogen) atoms. The van der Waals surface area contributed by atoms with Crippen molar-refractivity contribution in [1.29, 1.82) is 0 Å². The summed E-state index contributed by atoms with van der Waals surface area (Å²) in [4.78, 5) is 17.0. The molecule has 1 heterocycles. The van der Waals surface area contributed by atoms with Gasteiger partial charge >= 0.3 is 6.09 Å². The first-order valence-corrected chi connectivity index (χ1v) is 5.30. The lowest BCUT2D eigenvalue weighted by molar-refractivity contribution is 0.114. The Balaban J connectivity index is 2.48. The minimum atomic E-state index is -0.307. The molecule has 1 rings (SSSR count). The van der Waals surface area contributed by atoms with Crippen LogP contribution in [-0.4, -0.2) is 29.6 Å². The lowest BCUT2D eigenvalue weighted by Crippen LogP contribution is -2.27. The van der Waals surface area contributed by atoms with Crippen molar-refractivity contribution < 1.29 is 9.53 Å². The van der Waals surface area contributed by atoms with Gasteiger partial charge < -0.3 is 9.64 Å². The van der Waals surface area contributed by atoms with E-state index in [1.54, 1.807) is 25.3 Å². The summed E-state index contributed by atoms with van der Waals surface area (Å²) >= 11 is 1.58. The molecule has 0 saturated carbocycles. The number of rotatable bonds is 3. The molecular formula is C9H14N2O2S. The van der Waals surface area contributed by atoms with Crippen LogP contribution in [0.25, 0.3) is 0 Å². The van der Waals surface area contributed by atoms with Crippen LogP contribution in [0.15, 0.2) is 5.38 Å². The van der Waals surface area contributed by atoms with Crippen LogP contribution < -0.4 is 0 Å². The highest BCUT2D eigenvalue weighted by molar-refractivity contribution is 7.09. The summed E-state index contributed by atoms with van der Waals surface area (Å²) in [6.07, 6.45) is -0.307. The first-order valence-electron chi connectivity index (χ1n) is 4.42. The summed E-state index contributed by atoms with van der Waals surface area (Å²) in [7, 11) is 1.70. The highest BCUT2D eigenvalue weighted by atomic mass is 32.1. The third-order valence-corrected chi connectivity index (χ3v) is 2.47. The van der Waals surface area contributed by atoms with Gasteiger partial charge in [0.05, 0.1) is 23.9 Å². The van der Waals surface area contributed by atoms with Gasteiger partial charge in [-0.3, -0.25) is 0 Å². The summed E-state index contributed by atoms with van der Waals surface area (Å²) in [5.74, 6) is 0. The van der Waals surface area contributed by atoms with Gasteiger partial charge in [0.15, 0.2) is 0 Å². The Labute approximate surface area is 87.5 Å². The molecule has 5 heteroatoms. The second-order valence-corrected chi connectivity index (χ2v) is 3.98. The average molecular weight is 214 g/mol. The molecule has 0 radical (unpaired) electrons. The first kappa shape index (κ1) is 11.0. The molecule has 0 atom stereocenters. The van der Waals surface area contributed by atoms with Crippen LogP contribution in [0.5, 0.6) is 0 Å². The zero-order chi connectivity index (χ0) is 10.6. The molecule has 0 spiro atoms. The molecule has 1 aromatic heterocycles. The molecule has 1 aromatic rings. The van der Waals surface area contributed by atoms with E-state index in [1.165, 1.54) is 4.90 Å². The fraction of sp³-hybridized carbons (Fsp3) is 0.556. The number of ether oxygens (including phenoxy) is 1. The Morgan fingerprint density at radius 1 is 1.71 bits per heavy atom. The molecule has 0 bridgehead atoms. The zero-order valence-electron chi connectivity index (χ0n) is 8.61. The number of aromatic nitrogens is 1. The molecule has 0 unspecified atom stereocenters. The van der Waals surface area contributed by atoms with Crippen molar-refractivity contribution in [3.8, 4) is 0 Å². The Hall–Kier alpha value is -1.10. The van der Waals surface area contributed by atoms with Gasteiger partial charge in [-0.05, 0) is 13.8 Å². The summed E-state index contributed by atoms with van der Waals surface area (Å²) in [5.41, 5.74) is 0.906. The van der Waals surface area contributed by atoms with Crippen molar-refractivity contribution in [3.63, 3.8) is 0 Å². The molecule has 0 aliphatic rings. The number of thiazole rings is 1. The molecule has 1 amide bonds. The van der Waals surface area contributed by atoms with E-state index in [0.29, 0.717) is 13.2 Å². The van der Waals surface area contributed by atoms with Crippen molar-refractivity contribution in [2.45, 2.75) is 20.4 Å². The molecule has 0 fully saturated rings. The normalized spacial score (nSPS) is 9.93. The quantitative estimate of drug-likeness (QED) is 0.773. The predicted octanol–water partition coefficient (Wildman–Crippen LogP) is 2.04. The Morgan fingerprint density at radius 2 is 2.43 bits per heavy atom. The fourth-order valence-corrected chi connectivity index (χ4v) is 1.63. The van der Waals surface area contributed by atoms with Crippen molar-refractivity contribution in [1.82, 2.24) is 9.88 Å². The average Bonchev–Trinajstić information content (AvgIpc) is 2.51. The van der Waals surface area contributed by atoms with Crippen molar-refractivity contribution >= 4 is 17.4 Å². The third kappa shape index (κ3) is 2.99. The third-order valence-electron chi connectivity index (χ3n) is 1.65. The van der Waals surface area contributed by atoms with Crippen LogP contribution >= 0.6 is 11.3 Å². The molecule has 0 aliphatic carbocycles. The number of carbonyl (C=O) groups is 1. The monoisotopic (exact) mass is 214 g/mol. The van der Waals surface area contributed by atoms with Gasteiger partial charge in [0, 0.05) is 12.4 Å². The maximum atomic E-state index is 11.2. The number of aryl methyl sites for hydroxylation is 1. The van der Waals surface area contributed by atoms with E-state index >= 15 is 0 Å². The van der Waals surface area contributed by atoms with Gasteiger partial charge in [-0.15, -0.1) is 11.3 Å². The van der Waals surface area contributed by atoms with Gasteiger partial charge in [-0.1, -0.05) is 0 Å². The summed E-state index contributed by atoms with van der Waals surface area (Å²) < 4.78 is 4.85. The number of hydrogen-bond donors (Lipinski definition) is 0. The van der Waals surface area contributed by atoms with E-state index in [0.717, 1.165) is 10.7 Å². The molecule has 4 nitrogen and oxygen atoms in total. The molecular weight excluding hydrogens is 200 g/mol. The highest BCUT2D eigenvalue weighted by Gasteiger charge is 2.10. The largest absolute Gasteiger partial charge is 0.450 e. The second-order valence-electron chi connectivity index (χ2n) is 2.91. The Morgan fingerprint density at radius 3 is 2.93 bits per heavy atom. The first-order chi connectivity index (χ1) is 6.63. The topological polar surface area (TPSA) is 42.4 Å². The van der Waals surface area contributed by atoms with Crippen LogP contribution in [0.4, 0.5) is 4.79 Å². The van der Waals surface area contributed by atoms with Gasteiger partial charge in [0.2, 0.25) is 0 Å². The molecule has 0 saturated heterocycles. The Kier molecular flexibility index (Phi) is 3.88. The molecule has 0 aliphatic heterocycles. The fourth-order valence-electron chi connectivity index (χ4n) is 1.02. The van der Waals surface area contributed by atoms with Gasteiger partial charge in [-0.2, -0.15) is 0 Å². The van der Waals surface area contributed by atoms with Crippen LogP contribution in [-0.2, 0) is 11.3 Å². The summed E-state index contributed by atoms with van der Waals surface area (Å²) in [6, 6.07) is 0. The van der Waals surface area contributed by atoms with Crippen molar-refractivity contribution in [2.24, 2.45) is 0 Å². The van der Waals surface area contributed by atoms with E-state index in [1.807, 2.05) is 12.3 Å². The standard InChI is InChI=1S/C9H14N2O2S/c1-4-13-9(12)11(3)5-8-6-14-7(2)10-8/h6H,4-5H2,1-3H3. The summed E-state index contributed by atoms with van der Waals surface area (Å²) in [6.45, 7) is 4.64. The van der Waals surface area contributed by atoms with Gasteiger partial charge in [0.25, 0.3) is 0 Å². The smallest absolute Gasteiger partial charge is 0.409 e. The van der Waals surface area contributed by atoms with Crippen LogP contribution in [0.1, 0.15) is 17.6 Å². The number of amides is 1. The van der Waals surface area contributed by atoms with Gasteiger partial charge in [0.1, 0.15) is 0 Å². The van der Waals surface area contributed by atoms with E-state index in [-0.39, 0.29) is 6.09 Å². The van der Waals surface area contributed by atoms with E-state index in [4.69, 9.17) is 4.74 Å². The van der Waals surface area contributed by atoms with Crippen LogP contribution in [0.2, 0.25) is 0 Å². The lowest BCUT2D eigenvalue weighted by Gasteiger charge is -2.14. The molecule has 0 N–H and O–H groups in total. The molecule has 0 aromatic carbocycles. The van der Waals surface area contributed by atoms with Crippen molar-refractivity contribution in [3.05, 3.63) is 16.1 Å². The number of hydrogen-bond acceptors (Lipinski definition) is 4. The SMILES string of the molecule is CCOC(=O)N(C)Cc1csc(C)n1. The van der Waals surface area contributed by atoms with E-state index in [2.05, 4.69) is 4.98 Å². The van der Waals surface area contributed by atoms with E-state index in [9.17, 15) is 4.79 Å². The van der Waals surface area contributed by atoms with E-state index < -0.39 is 0 Å². The second kappa shape index (κ2) is 4.95. The maximum absolute atomic E-state index is 11.2. The maximum Gasteiger partial charge on any atom is 0.409 e. The van der Waals surface area contributed by atoms with Crippen LogP contribution in [0, 0.1) is 6.92 Å². The highest BCUT2D eigenvalue weighted by Crippen LogP contribution is 2.09. The zero-order valence-corrected chi connectivity index (χ0v) is 9.43. The van der Waals surface area contributed by atoms with Crippen LogP contribution in [0.3, 0.4) is 0 Å². The summed E-state index contributed by atoms with van der Waals surface area (Å²) in [5, 5.41) is 2.96. The predicted molar refractivity (Wildman–Crippen MR) is 55.3 cm³/mol. The van der Waals surface area contributed by atoms with Gasteiger partial charge in [-0.25, -0.2) is 9.78 Å². The number of carbonyl (C=O) groups excluding carboxylic acids is 1. The number of nitrogens with zero attached hydrogens (tertiary/aromatic N) is 2. The Bertz CT molecular complexity index is 312. The van der Waals surface area contributed by atoms with Crippen molar-refractivity contribution in [2.75, 3.05) is 13.7 Å². The minimum Gasteiger partial charge on any atom is -0.450 e. The lowest BCUT2D eigenvalue weighted by atomic mass is 10.4. The molecule has 78 valence electrons.